The van der Waals surface area contributed by atoms with E-state index in [1.807, 2.05) is 36.7 Å². The third-order valence-electron chi connectivity index (χ3n) is 21.8. The lowest BCUT2D eigenvalue weighted by Gasteiger charge is -2.11. The van der Waals surface area contributed by atoms with E-state index in [0.717, 1.165) is 144 Å². The monoisotopic (exact) mass is 1360 g/mol. The van der Waals surface area contributed by atoms with Crippen LogP contribution in [-0.2, 0) is 9.84 Å². The van der Waals surface area contributed by atoms with E-state index in [9.17, 15) is 8.42 Å². The first-order valence-corrected chi connectivity index (χ1v) is 36.8. The number of nitrogens with zero attached hydrogens (tertiary/aromatic N) is 8. The number of aromatic nitrogens is 8. The number of rotatable bonds is 10. The Balaban J connectivity index is 0.575. The van der Waals surface area contributed by atoms with Crippen molar-refractivity contribution < 1.29 is 8.42 Å². The fourth-order valence-electron chi connectivity index (χ4n) is 17.0. The molecule has 8 aromatic heterocycles. The molecule has 0 aliphatic carbocycles. The molecule has 0 N–H and O–H groups in total. The van der Waals surface area contributed by atoms with Gasteiger partial charge >= 0.3 is 0 Å². The van der Waals surface area contributed by atoms with Gasteiger partial charge in [-0.05, 0) is 181 Å². The summed E-state index contributed by atoms with van der Waals surface area (Å²) < 4.78 is 43.0. The summed E-state index contributed by atoms with van der Waals surface area (Å²) in [5.41, 5.74) is 21.0. The van der Waals surface area contributed by atoms with Gasteiger partial charge in [0, 0.05) is 111 Å². The number of sulfone groups is 1. The van der Waals surface area contributed by atoms with Crippen LogP contribution in [0.5, 0.6) is 0 Å². The minimum Gasteiger partial charge on any atom is -0.309 e. The zero-order chi connectivity index (χ0) is 69.2. The van der Waals surface area contributed by atoms with Gasteiger partial charge in [0.2, 0.25) is 9.84 Å². The van der Waals surface area contributed by atoms with E-state index >= 15 is 0 Å². The normalized spacial score (nSPS) is 12.3. The third-order valence-corrected chi connectivity index (χ3v) is 23.6. The number of hydrogen-bond donors (Lipinski definition) is 0. The van der Waals surface area contributed by atoms with Gasteiger partial charge in [0.15, 0.2) is 0 Å². The molecule has 11 heteroatoms. The van der Waals surface area contributed by atoms with Gasteiger partial charge in [-0.2, -0.15) is 0 Å². The van der Waals surface area contributed by atoms with Crippen LogP contribution in [0.4, 0.5) is 0 Å². The first kappa shape index (κ1) is 58.9. The molecule has 14 aromatic carbocycles. The molecule has 0 spiro atoms. The molecule has 0 unspecified atom stereocenters. The van der Waals surface area contributed by atoms with Crippen molar-refractivity contribution >= 4 is 141 Å². The molecule has 0 aliphatic rings. The molecular formula is C94H58N8O2S. The van der Waals surface area contributed by atoms with Crippen LogP contribution in [0.15, 0.2) is 362 Å². The van der Waals surface area contributed by atoms with Crippen LogP contribution < -0.4 is 0 Å². The average Bonchev–Trinajstić information content (AvgIpc) is 1.60. The Hall–Kier alpha value is -13.9. The highest BCUT2D eigenvalue weighted by Crippen LogP contribution is 2.43. The molecular weight excluding hydrogens is 1310 g/mol. The second-order valence-electron chi connectivity index (χ2n) is 27.3. The summed E-state index contributed by atoms with van der Waals surface area (Å²) >= 11 is 0. The first-order valence-electron chi connectivity index (χ1n) is 35.3. The van der Waals surface area contributed by atoms with Gasteiger partial charge in [-0.15, -0.1) is 0 Å². The number of benzene rings is 14. The van der Waals surface area contributed by atoms with Crippen molar-refractivity contribution in [1.29, 1.82) is 0 Å². The van der Waals surface area contributed by atoms with Gasteiger partial charge in [0.05, 0.1) is 76.0 Å². The van der Waals surface area contributed by atoms with Crippen molar-refractivity contribution in [3.05, 3.63) is 352 Å². The molecule has 0 bridgehead atoms. The molecule has 10 nitrogen and oxygen atoms in total. The van der Waals surface area contributed by atoms with E-state index in [2.05, 4.69) is 319 Å². The maximum atomic E-state index is 14.5. The van der Waals surface area contributed by atoms with Gasteiger partial charge in [0.1, 0.15) is 11.6 Å². The standard InChI is InChI=1S/C94H58N8O2S/c103-105(104,67-43-33-59(34-44-67)61-37-51-93(95-57-61)101-89-47-39-63(97-81-25-9-1-17-69(81)70-18-2-10-26-82(70)97)53-77(89)78-54-64(40-48-90(78)101)98-83-27-11-3-19-71(83)72-20-4-12-28-84(72)98)68-45-35-60(36-46-68)62-38-52-94(96-58-62)102-91-49-41-65(99-85-29-13-5-21-73(85)74-22-6-14-30-86(74)99)55-79(91)80-56-66(42-50-92(80)102)100-87-31-15-7-23-75(87)76-24-8-16-32-88(76)100/h1-58H. The molecule has 105 heavy (non-hydrogen) atoms. The van der Waals surface area contributed by atoms with E-state index in [1.54, 1.807) is 24.3 Å². The Labute approximate surface area is 601 Å². The number of fused-ring (bicyclic) bond motifs is 18. The lowest BCUT2D eigenvalue weighted by atomic mass is 10.1. The van der Waals surface area contributed by atoms with Crippen LogP contribution >= 0.6 is 0 Å². The van der Waals surface area contributed by atoms with Crippen LogP contribution in [0.2, 0.25) is 0 Å². The quantitative estimate of drug-likeness (QED) is 0.136. The summed E-state index contributed by atoms with van der Waals surface area (Å²) in [7, 11) is -3.89. The van der Waals surface area contributed by atoms with Gasteiger partial charge in [0.25, 0.3) is 0 Å². The van der Waals surface area contributed by atoms with E-state index in [-0.39, 0.29) is 9.79 Å². The van der Waals surface area contributed by atoms with Crippen molar-refractivity contribution in [3.8, 4) is 56.6 Å². The topological polar surface area (TPSA) is 89.5 Å². The molecule has 0 saturated carbocycles. The molecule has 22 rings (SSSR count). The van der Waals surface area contributed by atoms with Crippen molar-refractivity contribution in [2.24, 2.45) is 0 Å². The molecule has 0 aliphatic heterocycles. The van der Waals surface area contributed by atoms with Crippen molar-refractivity contribution in [2.75, 3.05) is 0 Å². The highest BCUT2D eigenvalue weighted by atomic mass is 32.2. The summed E-state index contributed by atoms with van der Waals surface area (Å²) in [6, 6.07) is 119. The van der Waals surface area contributed by atoms with E-state index in [4.69, 9.17) is 9.97 Å². The minimum absolute atomic E-state index is 0.205. The van der Waals surface area contributed by atoms with Gasteiger partial charge in [-0.1, -0.05) is 170 Å². The van der Waals surface area contributed by atoms with Gasteiger partial charge < -0.3 is 18.3 Å². The van der Waals surface area contributed by atoms with Crippen LogP contribution in [0, 0.1) is 0 Å². The average molecular weight is 1360 g/mol. The summed E-state index contributed by atoms with van der Waals surface area (Å²) in [6.07, 6.45) is 3.76. The Bertz CT molecular complexity index is 6520. The van der Waals surface area contributed by atoms with Crippen LogP contribution in [0.25, 0.3) is 187 Å². The highest BCUT2D eigenvalue weighted by Gasteiger charge is 2.24. The van der Waals surface area contributed by atoms with Crippen LogP contribution in [0.1, 0.15) is 0 Å². The molecule has 492 valence electrons. The summed E-state index contributed by atoms with van der Waals surface area (Å²) in [5, 5.41) is 14.1. The first-order chi connectivity index (χ1) is 51.8. The molecule has 22 aromatic rings. The van der Waals surface area contributed by atoms with Crippen LogP contribution in [-0.4, -0.2) is 45.8 Å². The third kappa shape index (κ3) is 8.79. The Morgan fingerprint density at radius 1 is 0.190 bits per heavy atom. The number of hydrogen-bond acceptors (Lipinski definition) is 4. The molecule has 8 heterocycles. The van der Waals surface area contributed by atoms with E-state index in [1.165, 1.54) is 43.1 Å². The largest absolute Gasteiger partial charge is 0.309 e. The summed E-state index contributed by atoms with van der Waals surface area (Å²) in [5.74, 6) is 1.53. The zero-order valence-electron chi connectivity index (χ0n) is 56.3. The highest BCUT2D eigenvalue weighted by molar-refractivity contribution is 7.91. The molecule has 0 fully saturated rings. The van der Waals surface area contributed by atoms with Gasteiger partial charge in [-0.3, -0.25) is 9.13 Å². The Morgan fingerprint density at radius 2 is 0.400 bits per heavy atom. The predicted octanol–water partition coefficient (Wildman–Crippen LogP) is 23.2. The zero-order valence-corrected chi connectivity index (χ0v) is 57.1. The van der Waals surface area contributed by atoms with Crippen molar-refractivity contribution in [2.45, 2.75) is 9.79 Å². The smallest absolute Gasteiger partial charge is 0.206 e. The lowest BCUT2D eigenvalue weighted by molar-refractivity contribution is 0.596. The minimum atomic E-state index is -3.89. The summed E-state index contributed by atoms with van der Waals surface area (Å²) in [6.45, 7) is 0. The molecule has 0 radical (unpaired) electrons. The molecule has 0 amide bonds. The second-order valence-corrected chi connectivity index (χ2v) is 29.3. The fraction of sp³-hybridized carbons (Fsp3) is 0. The number of pyridine rings is 2. The maximum absolute atomic E-state index is 14.5. The van der Waals surface area contributed by atoms with Gasteiger partial charge in [-0.25, -0.2) is 18.4 Å². The fourth-order valence-corrected chi connectivity index (χ4v) is 18.3. The Morgan fingerprint density at radius 3 is 0.619 bits per heavy atom. The number of para-hydroxylation sites is 8. The second kappa shape index (κ2) is 22.6. The maximum Gasteiger partial charge on any atom is 0.206 e. The Kier molecular flexibility index (Phi) is 12.7. The predicted molar refractivity (Wildman–Crippen MR) is 431 cm³/mol. The molecule has 0 saturated heterocycles. The summed E-state index contributed by atoms with van der Waals surface area (Å²) in [4.78, 5) is 10.8. The van der Waals surface area contributed by atoms with E-state index < -0.39 is 9.84 Å². The lowest BCUT2D eigenvalue weighted by Crippen LogP contribution is -2.02. The van der Waals surface area contributed by atoms with E-state index in [0.29, 0.717) is 0 Å². The molecule has 0 atom stereocenters. The van der Waals surface area contributed by atoms with Crippen molar-refractivity contribution in [3.63, 3.8) is 0 Å². The van der Waals surface area contributed by atoms with Crippen molar-refractivity contribution in [1.82, 2.24) is 37.4 Å². The van der Waals surface area contributed by atoms with Crippen LogP contribution in [0.3, 0.4) is 0 Å². The SMILES string of the molecule is O=S(=O)(c1ccc(-c2ccc(-n3c4ccc(-n5c6ccccc6c6ccccc65)cc4c4cc(-n5c6ccccc6c6ccccc65)ccc43)nc2)cc1)c1ccc(-c2ccc(-n3c4ccc(-n5c6ccccc6c6ccccc65)cc4c4cc(-n5c6ccccc6c6ccccc65)ccc43)nc2)cc1.